The van der Waals surface area contributed by atoms with E-state index in [1.165, 1.54) is 0 Å². The molecule has 2 nitrogen and oxygen atoms in total. The summed E-state index contributed by atoms with van der Waals surface area (Å²) in [5.74, 6) is -2.69. The summed E-state index contributed by atoms with van der Waals surface area (Å²) in [7, 11) is 0. The summed E-state index contributed by atoms with van der Waals surface area (Å²) in [6.07, 6.45) is 0. The summed E-state index contributed by atoms with van der Waals surface area (Å²) in [5.41, 5.74) is 0. The lowest BCUT2D eigenvalue weighted by Crippen LogP contribution is -1.91. The van der Waals surface area contributed by atoms with E-state index in [9.17, 15) is 13.6 Å². The standard InChI is InChI=1S/C9H3ClF2O2S/c10-6-5-3(11)1-2-4(12)7(5)15-8(6)9(13)14/h1-2H,(H,13,14). The van der Waals surface area contributed by atoms with Gasteiger partial charge in [0.15, 0.2) is 0 Å². The molecule has 2 aromatic rings. The van der Waals surface area contributed by atoms with E-state index in [0.717, 1.165) is 12.1 Å². The molecule has 6 heteroatoms. The highest BCUT2D eigenvalue weighted by atomic mass is 35.5. The second kappa shape index (κ2) is 3.43. The van der Waals surface area contributed by atoms with Gasteiger partial charge in [0.1, 0.15) is 16.5 Å². The number of aromatic carboxylic acids is 1. The van der Waals surface area contributed by atoms with Gasteiger partial charge in [0.05, 0.1) is 15.1 Å². The van der Waals surface area contributed by atoms with E-state index in [-0.39, 0.29) is 20.0 Å². The van der Waals surface area contributed by atoms with Gasteiger partial charge in [-0.2, -0.15) is 0 Å². The van der Waals surface area contributed by atoms with Crippen LogP contribution in [0.15, 0.2) is 12.1 Å². The molecular formula is C9H3ClF2O2S. The second-order valence-corrected chi connectivity index (χ2v) is 4.18. The second-order valence-electron chi connectivity index (χ2n) is 2.78. The molecule has 15 heavy (non-hydrogen) atoms. The van der Waals surface area contributed by atoms with Gasteiger partial charge in [0.25, 0.3) is 0 Å². The maximum Gasteiger partial charge on any atom is 0.347 e. The molecule has 78 valence electrons. The first-order valence-electron chi connectivity index (χ1n) is 3.81. The van der Waals surface area contributed by atoms with E-state index >= 15 is 0 Å². The maximum atomic E-state index is 13.3. The molecule has 0 spiro atoms. The molecule has 0 aliphatic rings. The fourth-order valence-corrected chi connectivity index (χ4v) is 2.62. The Kier molecular flexibility index (Phi) is 2.36. The highest BCUT2D eigenvalue weighted by Crippen LogP contribution is 2.38. The molecule has 1 heterocycles. The van der Waals surface area contributed by atoms with Crippen LogP contribution < -0.4 is 0 Å². The van der Waals surface area contributed by atoms with Gasteiger partial charge in [-0.3, -0.25) is 0 Å². The number of carbonyl (C=O) groups is 1. The van der Waals surface area contributed by atoms with Crippen LogP contribution in [-0.2, 0) is 0 Å². The molecule has 0 aliphatic carbocycles. The first-order valence-corrected chi connectivity index (χ1v) is 5.01. The van der Waals surface area contributed by atoms with Crippen LogP contribution in [0.1, 0.15) is 9.67 Å². The first-order chi connectivity index (χ1) is 7.02. The van der Waals surface area contributed by atoms with E-state index in [1.807, 2.05) is 0 Å². The number of halogens is 3. The Balaban J connectivity index is 2.93. The van der Waals surface area contributed by atoms with Crippen LogP contribution in [0.4, 0.5) is 8.78 Å². The van der Waals surface area contributed by atoms with Crippen LogP contribution in [0.5, 0.6) is 0 Å². The molecule has 1 aromatic carbocycles. The largest absolute Gasteiger partial charge is 0.477 e. The fourth-order valence-electron chi connectivity index (χ4n) is 1.24. The van der Waals surface area contributed by atoms with Gasteiger partial charge in [-0.25, -0.2) is 13.6 Å². The monoisotopic (exact) mass is 248 g/mol. The molecular weight excluding hydrogens is 246 g/mol. The van der Waals surface area contributed by atoms with E-state index in [1.54, 1.807) is 0 Å². The number of rotatable bonds is 1. The summed E-state index contributed by atoms with van der Waals surface area (Å²) >= 11 is 6.28. The van der Waals surface area contributed by atoms with E-state index in [4.69, 9.17) is 16.7 Å². The van der Waals surface area contributed by atoms with Gasteiger partial charge in [0.2, 0.25) is 0 Å². The Hall–Kier alpha value is -1.20. The maximum absolute atomic E-state index is 13.3. The average Bonchev–Trinajstić information content (AvgIpc) is 2.51. The topological polar surface area (TPSA) is 37.3 Å². The Morgan fingerprint density at radius 2 is 1.93 bits per heavy atom. The molecule has 1 aromatic heterocycles. The zero-order valence-electron chi connectivity index (χ0n) is 7.05. The van der Waals surface area contributed by atoms with E-state index in [2.05, 4.69) is 0 Å². The van der Waals surface area contributed by atoms with Crippen LogP contribution in [-0.4, -0.2) is 11.1 Å². The average molecular weight is 249 g/mol. The first kappa shape index (κ1) is 10.3. The van der Waals surface area contributed by atoms with Crippen molar-refractivity contribution in [3.8, 4) is 0 Å². The van der Waals surface area contributed by atoms with E-state index in [0.29, 0.717) is 11.3 Å². The van der Waals surface area contributed by atoms with Crippen molar-refractivity contribution < 1.29 is 18.7 Å². The summed E-state index contributed by atoms with van der Waals surface area (Å²) in [6, 6.07) is 1.86. The highest BCUT2D eigenvalue weighted by Gasteiger charge is 2.20. The molecule has 0 amide bonds. The van der Waals surface area contributed by atoms with Crippen LogP contribution in [0.25, 0.3) is 10.1 Å². The number of benzene rings is 1. The Labute approximate surface area is 91.7 Å². The lowest BCUT2D eigenvalue weighted by atomic mass is 10.2. The van der Waals surface area contributed by atoms with Gasteiger partial charge in [-0.05, 0) is 12.1 Å². The number of thiophene rings is 1. The zero-order chi connectivity index (χ0) is 11.2. The van der Waals surface area contributed by atoms with Gasteiger partial charge < -0.3 is 5.11 Å². The minimum atomic E-state index is -1.29. The van der Waals surface area contributed by atoms with Crippen LogP contribution in [0.3, 0.4) is 0 Å². The number of fused-ring (bicyclic) bond motifs is 1. The number of carboxylic acids is 1. The Morgan fingerprint density at radius 1 is 1.33 bits per heavy atom. The molecule has 0 atom stereocenters. The van der Waals surface area contributed by atoms with Crippen molar-refractivity contribution in [2.24, 2.45) is 0 Å². The summed E-state index contributed by atoms with van der Waals surface area (Å²) < 4.78 is 26.4. The van der Waals surface area contributed by atoms with Crippen LogP contribution >= 0.6 is 22.9 Å². The predicted octanol–water partition coefficient (Wildman–Crippen LogP) is 3.53. The number of hydrogen-bond acceptors (Lipinski definition) is 2. The fraction of sp³-hybridized carbons (Fsp3) is 0. The molecule has 0 aliphatic heterocycles. The minimum absolute atomic E-state index is 0.0719. The Bertz CT molecular complexity index is 565. The van der Waals surface area contributed by atoms with Crippen molar-refractivity contribution in [2.75, 3.05) is 0 Å². The third-order valence-corrected chi connectivity index (χ3v) is 3.55. The molecule has 0 fully saturated rings. The smallest absolute Gasteiger partial charge is 0.347 e. The molecule has 0 bridgehead atoms. The molecule has 0 unspecified atom stereocenters. The van der Waals surface area contributed by atoms with Gasteiger partial charge in [0, 0.05) is 0 Å². The number of carboxylic acid groups (broad SMARTS) is 1. The molecule has 1 N–H and O–H groups in total. The zero-order valence-corrected chi connectivity index (χ0v) is 8.62. The van der Waals surface area contributed by atoms with Crippen molar-refractivity contribution in [3.05, 3.63) is 33.7 Å². The minimum Gasteiger partial charge on any atom is -0.477 e. The van der Waals surface area contributed by atoms with E-state index < -0.39 is 17.6 Å². The van der Waals surface area contributed by atoms with Gasteiger partial charge in [-0.1, -0.05) is 11.6 Å². The lowest BCUT2D eigenvalue weighted by molar-refractivity contribution is 0.0702. The van der Waals surface area contributed by atoms with Crippen LogP contribution in [0.2, 0.25) is 5.02 Å². The summed E-state index contributed by atoms with van der Waals surface area (Å²) in [6.45, 7) is 0. The third kappa shape index (κ3) is 1.48. The summed E-state index contributed by atoms with van der Waals surface area (Å²) in [5, 5.41) is 8.31. The van der Waals surface area contributed by atoms with Gasteiger partial charge in [-0.15, -0.1) is 11.3 Å². The predicted molar refractivity (Wildman–Crippen MR) is 53.7 cm³/mol. The van der Waals surface area contributed by atoms with Crippen molar-refractivity contribution in [2.45, 2.75) is 0 Å². The summed E-state index contributed by atoms with van der Waals surface area (Å²) in [4.78, 5) is 10.4. The van der Waals surface area contributed by atoms with Crippen molar-refractivity contribution in [1.82, 2.24) is 0 Å². The lowest BCUT2D eigenvalue weighted by Gasteiger charge is -1.93. The molecule has 0 saturated carbocycles. The third-order valence-electron chi connectivity index (χ3n) is 1.88. The molecule has 2 rings (SSSR count). The molecule has 0 radical (unpaired) electrons. The Morgan fingerprint density at radius 3 is 2.47 bits per heavy atom. The van der Waals surface area contributed by atoms with Crippen LogP contribution in [0, 0.1) is 11.6 Å². The normalized spacial score (nSPS) is 10.9. The SMILES string of the molecule is O=C(O)c1sc2c(F)ccc(F)c2c1Cl. The quantitative estimate of drug-likeness (QED) is 0.838. The van der Waals surface area contributed by atoms with Crippen molar-refractivity contribution in [1.29, 1.82) is 0 Å². The highest BCUT2D eigenvalue weighted by molar-refractivity contribution is 7.21. The van der Waals surface area contributed by atoms with Crippen molar-refractivity contribution >= 4 is 39.0 Å². The van der Waals surface area contributed by atoms with Gasteiger partial charge >= 0.3 is 5.97 Å². The van der Waals surface area contributed by atoms with Crippen molar-refractivity contribution in [3.63, 3.8) is 0 Å². The molecule has 0 saturated heterocycles. The number of hydrogen-bond donors (Lipinski definition) is 1.